The Bertz CT molecular complexity index is 1880. The molecule has 2 aromatic carbocycles. The highest BCUT2D eigenvalue weighted by molar-refractivity contribution is 5.86. The summed E-state index contributed by atoms with van der Waals surface area (Å²) < 4.78 is 0. The number of hydrogen-bond acceptors (Lipinski definition) is 5. The number of fused-ring (bicyclic) bond motifs is 3. The predicted octanol–water partition coefficient (Wildman–Crippen LogP) is 7.62. The minimum Gasteiger partial charge on any atom is -0.333 e. The van der Waals surface area contributed by atoms with Gasteiger partial charge in [0.25, 0.3) is 0 Å². The van der Waals surface area contributed by atoms with Gasteiger partial charge in [0, 0.05) is 52.0 Å². The van der Waals surface area contributed by atoms with Gasteiger partial charge >= 0.3 is 0 Å². The van der Waals surface area contributed by atoms with Crippen LogP contribution in [0.1, 0.15) is 35.4 Å². The van der Waals surface area contributed by atoms with E-state index in [1.54, 1.807) is 0 Å². The molecule has 4 aliphatic carbocycles. The molecule has 6 atom stereocenters. The highest BCUT2D eigenvalue weighted by Gasteiger charge is 2.40. The average Bonchev–Trinajstić information content (AvgIpc) is 3.42. The molecule has 0 spiro atoms. The maximum atomic E-state index is 9.89. The molecule has 5 unspecified atom stereocenters. The molecule has 0 radical (unpaired) electrons. The minimum absolute atomic E-state index is 0.0130. The van der Waals surface area contributed by atoms with Crippen molar-refractivity contribution in [3.8, 4) is 18.2 Å². The van der Waals surface area contributed by atoms with Crippen LogP contribution in [-0.2, 0) is 0 Å². The predicted molar refractivity (Wildman–Crippen MR) is 174 cm³/mol. The van der Waals surface area contributed by atoms with Gasteiger partial charge in [-0.15, -0.1) is 0 Å². The molecule has 5 heteroatoms. The van der Waals surface area contributed by atoms with Crippen LogP contribution in [0.15, 0.2) is 133 Å². The van der Waals surface area contributed by atoms with Crippen LogP contribution in [0.3, 0.4) is 0 Å². The number of nitriles is 3. The fraction of sp³-hybridized carbons (Fsp3) is 0.205. The molecule has 5 aliphatic rings. The minimum atomic E-state index is -0.0690. The molecule has 212 valence electrons. The van der Waals surface area contributed by atoms with Gasteiger partial charge in [0.1, 0.15) is 0 Å². The third kappa shape index (κ3) is 4.77. The summed E-state index contributed by atoms with van der Waals surface area (Å²) in [4.78, 5) is 2.43. The second kappa shape index (κ2) is 11.7. The molecule has 0 amide bonds. The van der Waals surface area contributed by atoms with E-state index in [0.29, 0.717) is 11.1 Å². The van der Waals surface area contributed by atoms with Crippen molar-refractivity contribution >= 4 is 16.9 Å². The van der Waals surface area contributed by atoms with Gasteiger partial charge in [-0.2, -0.15) is 15.8 Å². The highest BCUT2D eigenvalue weighted by Crippen LogP contribution is 2.51. The molecule has 1 aliphatic heterocycles. The molecule has 1 N–H and O–H groups in total. The largest absolute Gasteiger partial charge is 0.333 e. The number of rotatable bonds is 5. The van der Waals surface area contributed by atoms with Crippen LogP contribution in [0.2, 0.25) is 0 Å². The van der Waals surface area contributed by atoms with Crippen molar-refractivity contribution in [1.29, 1.82) is 15.8 Å². The molecule has 7 rings (SSSR count). The molecule has 0 saturated heterocycles. The Hall–Kier alpha value is -5.41. The Morgan fingerprint density at radius 3 is 2.50 bits per heavy atom. The summed E-state index contributed by atoms with van der Waals surface area (Å²) in [7, 11) is 0. The van der Waals surface area contributed by atoms with Gasteiger partial charge < -0.3 is 10.2 Å². The zero-order valence-corrected chi connectivity index (χ0v) is 24.2. The van der Waals surface area contributed by atoms with Crippen molar-refractivity contribution in [2.75, 3.05) is 4.90 Å². The van der Waals surface area contributed by atoms with Crippen LogP contribution in [-0.4, -0.2) is 18.1 Å². The Morgan fingerprint density at radius 1 is 0.795 bits per heavy atom. The maximum absolute atomic E-state index is 9.89. The molecule has 44 heavy (non-hydrogen) atoms. The molecular formula is C39H31N5. The second-order valence-corrected chi connectivity index (χ2v) is 11.8. The SMILES string of the molecule is N#CC1=CC(C2CC=CC=C2c2ccccc2N2c3ccc(C#N)cc3[C@H]3C=CC=CC32)C(NC2CC=CC=C2C#N)C=C1. The van der Waals surface area contributed by atoms with E-state index in [0.717, 1.165) is 29.8 Å². The van der Waals surface area contributed by atoms with E-state index in [1.807, 2.05) is 30.4 Å². The van der Waals surface area contributed by atoms with E-state index >= 15 is 0 Å². The lowest BCUT2D eigenvalue weighted by Gasteiger charge is -2.38. The van der Waals surface area contributed by atoms with Crippen LogP contribution >= 0.6 is 0 Å². The van der Waals surface area contributed by atoms with Gasteiger partial charge in [-0.05, 0) is 66.3 Å². The van der Waals surface area contributed by atoms with Crippen LogP contribution in [0.4, 0.5) is 11.4 Å². The molecule has 0 saturated carbocycles. The molecule has 2 aromatic rings. The molecule has 1 heterocycles. The lowest BCUT2D eigenvalue weighted by molar-refractivity contribution is 0.367. The summed E-state index contributed by atoms with van der Waals surface area (Å²) in [5, 5.41) is 33.1. The van der Waals surface area contributed by atoms with Crippen molar-refractivity contribution in [1.82, 2.24) is 5.32 Å². The van der Waals surface area contributed by atoms with Gasteiger partial charge in [0.2, 0.25) is 0 Å². The van der Waals surface area contributed by atoms with Crippen LogP contribution in [0.5, 0.6) is 0 Å². The van der Waals surface area contributed by atoms with Crippen molar-refractivity contribution in [2.24, 2.45) is 11.8 Å². The fourth-order valence-corrected chi connectivity index (χ4v) is 7.36. The van der Waals surface area contributed by atoms with Crippen molar-refractivity contribution in [3.05, 3.63) is 149 Å². The van der Waals surface area contributed by atoms with E-state index in [1.165, 1.54) is 16.7 Å². The lowest BCUT2D eigenvalue weighted by atomic mass is 9.72. The number of para-hydroxylation sites is 1. The molecule has 0 fully saturated rings. The standard InChI is InChI=1S/C39H31N5/c40-23-26-17-19-36(43-35-14-6-1-9-28(35)25-42)33(21-26)30-11-3-2-10-29(30)31-12-4-7-15-37(31)44-38-16-8-5-13-32(38)34-22-27(24-41)18-20-39(34)44/h1-10,12-13,15-22,30,32-33,35-36,38,43H,11,14H2/t30?,32-,33?,35?,36?,38?/m1/s1. The number of allylic oxidation sites excluding steroid dienone is 10. The topological polar surface area (TPSA) is 86.6 Å². The Labute approximate surface area is 258 Å². The quantitative estimate of drug-likeness (QED) is 0.400. The third-order valence-electron chi connectivity index (χ3n) is 9.40. The summed E-state index contributed by atoms with van der Waals surface area (Å²) in [5.41, 5.74) is 7.90. The van der Waals surface area contributed by atoms with Gasteiger partial charge in [0.05, 0.1) is 29.8 Å². The zero-order chi connectivity index (χ0) is 30.0. The molecular weight excluding hydrogens is 538 g/mol. The van der Waals surface area contributed by atoms with Crippen molar-refractivity contribution in [3.63, 3.8) is 0 Å². The molecule has 0 bridgehead atoms. The van der Waals surface area contributed by atoms with Gasteiger partial charge in [-0.3, -0.25) is 0 Å². The Kier molecular flexibility index (Phi) is 7.29. The average molecular weight is 570 g/mol. The normalized spacial score (nSPS) is 27.8. The van der Waals surface area contributed by atoms with Crippen molar-refractivity contribution in [2.45, 2.75) is 36.9 Å². The number of hydrogen-bond donors (Lipinski definition) is 1. The summed E-state index contributed by atoms with van der Waals surface area (Å²) in [6, 6.07) is 21.7. The zero-order valence-electron chi connectivity index (χ0n) is 24.2. The lowest BCUT2D eigenvalue weighted by Crippen LogP contribution is -2.45. The first-order chi connectivity index (χ1) is 21.7. The third-order valence-corrected chi connectivity index (χ3v) is 9.40. The van der Waals surface area contributed by atoms with E-state index in [2.05, 4.69) is 120 Å². The number of nitrogens with one attached hydrogen (secondary N) is 1. The van der Waals surface area contributed by atoms with Crippen molar-refractivity contribution < 1.29 is 0 Å². The number of benzene rings is 2. The maximum Gasteiger partial charge on any atom is 0.0991 e. The van der Waals surface area contributed by atoms with Crippen LogP contribution in [0, 0.1) is 45.8 Å². The summed E-state index contributed by atoms with van der Waals surface area (Å²) in [6.07, 6.45) is 28.9. The van der Waals surface area contributed by atoms with Crippen LogP contribution < -0.4 is 10.2 Å². The van der Waals surface area contributed by atoms with E-state index < -0.39 is 0 Å². The summed E-state index contributed by atoms with van der Waals surface area (Å²) in [6.45, 7) is 0. The monoisotopic (exact) mass is 569 g/mol. The first kappa shape index (κ1) is 27.4. The molecule has 5 nitrogen and oxygen atoms in total. The van der Waals surface area contributed by atoms with E-state index in [-0.39, 0.29) is 35.9 Å². The molecule has 0 aromatic heterocycles. The first-order valence-corrected chi connectivity index (χ1v) is 15.2. The smallest absolute Gasteiger partial charge is 0.0991 e. The fourth-order valence-electron chi connectivity index (χ4n) is 7.36. The second-order valence-electron chi connectivity index (χ2n) is 11.8. The first-order valence-electron chi connectivity index (χ1n) is 15.2. The Morgan fingerprint density at radius 2 is 1.64 bits per heavy atom. The number of anilines is 2. The van der Waals surface area contributed by atoms with E-state index in [4.69, 9.17) is 0 Å². The van der Waals surface area contributed by atoms with Crippen LogP contribution in [0.25, 0.3) is 5.57 Å². The number of nitrogens with zero attached hydrogens (tertiary/aromatic N) is 4. The van der Waals surface area contributed by atoms with Gasteiger partial charge in [-0.1, -0.05) is 85.0 Å². The Balaban J connectivity index is 1.29. The summed E-state index contributed by atoms with van der Waals surface area (Å²) in [5.74, 6) is 0.290. The van der Waals surface area contributed by atoms with Gasteiger partial charge in [0.15, 0.2) is 0 Å². The highest BCUT2D eigenvalue weighted by atomic mass is 15.2. The van der Waals surface area contributed by atoms with E-state index in [9.17, 15) is 15.8 Å². The summed E-state index contributed by atoms with van der Waals surface area (Å²) >= 11 is 0. The van der Waals surface area contributed by atoms with Gasteiger partial charge in [-0.25, -0.2) is 0 Å².